The third-order valence-electron chi connectivity index (χ3n) is 4.73. The number of nitrogens with one attached hydrogen (secondary N) is 2. The first kappa shape index (κ1) is 20.6. The topological polar surface area (TPSA) is 114 Å². The second-order valence-corrected chi connectivity index (χ2v) is 7.57. The second kappa shape index (κ2) is 8.25. The summed E-state index contributed by atoms with van der Waals surface area (Å²) in [6.07, 6.45) is 4.82. The minimum atomic E-state index is -1.06. The van der Waals surface area contributed by atoms with Crippen LogP contribution in [0.4, 0.5) is 5.69 Å². The Morgan fingerprint density at radius 2 is 1.84 bits per heavy atom. The first-order chi connectivity index (χ1) is 14.8. The predicted molar refractivity (Wildman–Crippen MR) is 121 cm³/mol. The number of halogens is 2. The lowest BCUT2D eigenvalue weighted by atomic mass is 10.1. The van der Waals surface area contributed by atoms with Crippen LogP contribution in [-0.2, 0) is 6.54 Å². The summed E-state index contributed by atoms with van der Waals surface area (Å²) < 4.78 is 1.99. The summed E-state index contributed by atoms with van der Waals surface area (Å²) in [5, 5.41) is 13.2. The van der Waals surface area contributed by atoms with Crippen LogP contribution in [0.15, 0.2) is 58.3 Å². The molecule has 10 heteroatoms. The molecule has 0 aliphatic rings. The number of hydrogen-bond acceptors (Lipinski definition) is 4. The van der Waals surface area contributed by atoms with Gasteiger partial charge in [-0.15, -0.1) is 0 Å². The van der Waals surface area contributed by atoms with Gasteiger partial charge in [0.05, 0.1) is 4.92 Å². The fourth-order valence-corrected chi connectivity index (χ4v) is 3.81. The molecule has 4 aromatic rings. The van der Waals surface area contributed by atoms with E-state index in [4.69, 9.17) is 23.2 Å². The Morgan fingerprint density at radius 3 is 2.58 bits per heavy atom. The van der Waals surface area contributed by atoms with Crippen LogP contribution in [0.1, 0.15) is 16.8 Å². The maximum atomic E-state index is 11.8. The lowest BCUT2D eigenvalue weighted by Gasteiger charge is -2.08. The molecule has 0 atom stereocenters. The quantitative estimate of drug-likeness (QED) is 0.340. The number of aromatic nitrogens is 3. The summed E-state index contributed by atoms with van der Waals surface area (Å²) in [6.45, 7) is 0.479. The molecule has 0 saturated carbocycles. The highest BCUT2D eigenvalue weighted by atomic mass is 35.5. The first-order valence-corrected chi connectivity index (χ1v) is 9.80. The first-order valence-electron chi connectivity index (χ1n) is 9.04. The molecule has 2 N–H and O–H groups in total. The molecule has 0 aliphatic carbocycles. The molecule has 8 nitrogen and oxygen atoms in total. The van der Waals surface area contributed by atoms with Crippen molar-refractivity contribution in [1.29, 1.82) is 0 Å². The lowest BCUT2D eigenvalue weighted by Crippen LogP contribution is -2.25. The Hall–Kier alpha value is -3.62. The summed E-state index contributed by atoms with van der Waals surface area (Å²) in [5.41, 5.74) is -0.262. The van der Waals surface area contributed by atoms with Gasteiger partial charge in [-0.3, -0.25) is 19.9 Å². The van der Waals surface area contributed by atoms with Crippen LogP contribution < -0.4 is 11.2 Å². The van der Waals surface area contributed by atoms with E-state index in [1.807, 2.05) is 46.1 Å². The maximum absolute atomic E-state index is 11.8. The van der Waals surface area contributed by atoms with E-state index in [2.05, 4.69) is 4.98 Å². The molecule has 0 bridgehead atoms. The molecule has 2 aromatic carbocycles. The van der Waals surface area contributed by atoms with Gasteiger partial charge in [0.25, 0.3) is 0 Å². The van der Waals surface area contributed by atoms with Crippen molar-refractivity contribution in [3.8, 4) is 0 Å². The molecule has 4 rings (SSSR count). The summed E-state index contributed by atoms with van der Waals surface area (Å²) in [4.78, 5) is 38.0. The van der Waals surface area contributed by atoms with Crippen molar-refractivity contribution < 1.29 is 4.92 Å². The predicted octanol–water partition coefficient (Wildman–Crippen LogP) is 4.45. The van der Waals surface area contributed by atoms with Crippen LogP contribution in [0.2, 0.25) is 10.0 Å². The number of nitro groups is 1. The van der Waals surface area contributed by atoms with Gasteiger partial charge in [0.15, 0.2) is 0 Å². The largest absolute Gasteiger partial charge is 0.357 e. The van der Waals surface area contributed by atoms with Gasteiger partial charge < -0.3 is 9.55 Å². The van der Waals surface area contributed by atoms with Crippen LogP contribution in [0.5, 0.6) is 0 Å². The maximum Gasteiger partial charge on any atom is 0.357 e. The number of rotatable bonds is 5. The van der Waals surface area contributed by atoms with Crippen LogP contribution in [0, 0.1) is 10.1 Å². The highest BCUT2D eigenvalue weighted by Gasteiger charge is 2.19. The molecule has 0 radical (unpaired) electrons. The summed E-state index contributed by atoms with van der Waals surface area (Å²) in [7, 11) is 0. The molecule has 0 amide bonds. The number of nitrogens with zero attached hydrogens (tertiary/aromatic N) is 2. The number of hydrogen-bond donors (Lipinski definition) is 2. The molecule has 2 heterocycles. The van der Waals surface area contributed by atoms with Gasteiger partial charge in [0.2, 0.25) is 0 Å². The van der Waals surface area contributed by atoms with Crippen molar-refractivity contribution in [2.45, 2.75) is 6.54 Å². The van der Waals surface area contributed by atoms with E-state index in [0.29, 0.717) is 16.6 Å². The summed E-state index contributed by atoms with van der Waals surface area (Å²) >= 11 is 12.3. The van der Waals surface area contributed by atoms with Crippen molar-refractivity contribution in [3.05, 3.63) is 106 Å². The monoisotopic (exact) mass is 456 g/mol. The minimum absolute atomic E-state index is 0.184. The van der Waals surface area contributed by atoms with Gasteiger partial charge in [-0.1, -0.05) is 53.5 Å². The van der Waals surface area contributed by atoms with E-state index in [0.717, 1.165) is 22.0 Å². The van der Waals surface area contributed by atoms with E-state index in [-0.39, 0.29) is 5.69 Å². The smallest absolute Gasteiger partial charge is 0.342 e. The van der Waals surface area contributed by atoms with Crippen LogP contribution in [0.3, 0.4) is 0 Å². The van der Waals surface area contributed by atoms with Crippen molar-refractivity contribution in [3.63, 3.8) is 0 Å². The highest BCUT2D eigenvalue weighted by Crippen LogP contribution is 2.27. The third-order valence-corrected chi connectivity index (χ3v) is 5.32. The Bertz CT molecular complexity index is 1470. The zero-order valence-corrected chi connectivity index (χ0v) is 17.3. The van der Waals surface area contributed by atoms with E-state index >= 15 is 0 Å². The fraction of sp³-hybridized carbons (Fsp3) is 0.0476. The minimum Gasteiger partial charge on any atom is -0.342 e. The van der Waals surface area contributed by atoms with Gasteiger partial charge in [-0.05, 0) is 29.8 Å². The number of benzene rings is 2. The zero-order chi connectivity index (χ0) is 22.1. The van der Waals surface area contributed by atoms with Crippen LogP contribution >= 0.6 is 23.2 Å². The van der Waals surface area contributed by atoms with Crippen LogP contribution in [0.25, 0.3) is 23.1 Å². The second-order valence-electron chi connectivity index (χ2n) is 6.73. The molecular weight excluding hydrogens is 443 g/mol. The number of fused-ring (bicyclic) bond motifs is 1. The third kappa shape index (κ3) is 4.16. The molecule has 0 fully saturated rings. The van der Waals surface area contributed by atoms with Crippen molar-refractivity contribution in [1.82, 2.24) is 14.5 Å². The van der Waals surface area contributed by atoms with Crippen molar-refractivity contribution in [2.24, 2.45) is 0 Å². The van der Waals surface area contributed by atoms with E-state index in [1.54, 1.807) is 18.2 Å². The van der Waals surface area contributed by atoms with Gasteiger partial charge in [-0.25, -0.2) is 4.79 Å². The molecular formula is C21H14Cl2N4O4. The molecule has 2 aromatic heterocycles. The summed E-state index contributed by atoms with van der Waals surface area (Å²) in [5.74, 6) is 0. The SMILES string of the molecule is O=c1[nH]c(/C=C\c2cn(Cc3ccc(Cl)cc3Cl)c3ccccc23)c([N+](=O)[O-])c(=O)[nH]1. The number of aromatic amines is 2. The van der Waals surface area contributed by atoms with Gasteiger partial charge in [0.1, 0.15) is 5.69 Å². The molecule has 0 spiro atoms. The zero-order valence-electron chi connectivity index (χ0n) is 15.8. The Kier molecular flexibility index (Phi) is 5.50. The fourth-order valence-electron chi connectivity index (χ4n) is 3.34. The van der Waals surface area contributed by atoms with Gasteiger partial charge in [0, 0.05) is 39.3 Å². The van der Waals surface area contributed by atoms with E-state index in [9.17, 15) is 19.7 Å². The lowest BCUT2D eigenvalue weighted by molar-refractivity contribution is -0.386. The Balaban J connectivity index is 1.79. The van der Waals surface area contributed by atoms with E-state index < -0.39 is 21.9 Å². The molecule has 0 aliphatic heterocycles. The molecule has 156 valence electrons. The number of H-pyrrole nitrogens is 2. The average Bonchev–Trinajstić information content (AvgIpc) is 3.05. The Morgan fingerprint density at radius 1 is 1.06 bits per heavy atom. The van der Waals surface area contributed by atoms with E-state index in [1.165, 1.54) is 6.08 Å². The van der Waals surface area contributed by atoms with Gasteiger partial charge in [-0.2, -0.15) is 0 Å². The van der Waals surface area contributed by atoms with Crippen LogP contribution in [-0.4, -0.2) is 19.5 Å². The Labute approximate surface area is 184 Å². The van der Waals surface area contributed by atoms with Crippen molar-refractivity contribution >= 4 is 51.9 Å². The van der Waals surface area contributed by atoms with Crippen molar-refractivity contribution in [2.75, 3.05) is 0 Å². The highest BCUT2D eigenvalue weighted by molar-refractivity contribution is 6.35. The van der Waals surface area contributed by atoms with Gasteiger partial charge >= 0.3 is 16.9 Å². The molecule has 0 unspecified atom stereocenters. The standard InChI is InChI=1S/C21H14Cl2N4O4/c22-14-7-5-13(16(23)9-14)11-26-10-12(15-3-1-2-4-18(15)26)6-8-17-19(27(30)31)20(28)25-21(29)24-17/h1-10H,11H2,(H2,24,25,28,29)/b8-6-. The molecule has 0 saturated heterocycles. The normalized spacial score (nSPS) is 11.4. The average molecular weight is 457 g/mol. The number of para-hydroxylation sites is 1. The summed E-state index contributed by atoms with van der Waals surface area (Å²) in [6, 6.07) is 12.9. The molecule has 31 heavy (non-hydrogen) atoms.